The van der Waals surface area contributed by atoms with Gasteiger partial charge in [-0.1, -0.05) is 12.1 Å². The average molecular weight is 389 g/mol. The molecule has 0 bridgehead atoms. The van der Waals surface area contributed by atoms with Gasteiger partial charge in [-0.25, -0.2) is 8.42 Å². The van der Waals surface area contributed by atoms with E-state index >= 15 is 0 Å². The smallest absolute Gasteiger partial charge is 0.273 e. The lowest BCUT2D eigenvalue weighted by Crippen LogP contribution is -2.41. The van der Waals surface area contributed by atoms with Crippen molar-refractivity contribution in [3.8, 4) is 5.75 Å². The van der Waals surface area contributed by atoms with E-state index in [2.05, 4.69) is 10.9 Å². The van der Waals surface area contributed by atoms with Gasteiger partial charge >= 0.3 is 0 Å². The van der Waals surface area contributed by atoms with Crippen molar-refractivity contribution in [2.24, 2.45) is 0 Å². The molecule has 27 heavy (non-hydrogen) atoms. The zero-order chi connectivity index (χ0) is 19.4. The lowest BCUT2D eigenvalue weighted by molar-refractivity contribution is 0.0845. The highest BCUT2D eigenvalue weighted by atomic mass is 32.2. The fourth-order valence-corrected chi connectivity index (χ4v) is 4.29. The van der Waals surface area contributed by atoms with Gasteiger partial charge in [-0.15, -0.1) is 0 Å². The maximum absolute atomic E-state index is 12.5. The van der Waals surface area contributed by atoms with E-state index in [0.29, 0.717) is 13.1 Å². The molecule has 3 N–H and O–H groups in total. The molecule has 1 aliphatic rings. The van der Waals surface area contributed by atoms with Crippen molar-refractivity contribution in [2.75, 3.05) is 13.1 Å². The Morgan fingerprint density at radius 2 is 1.48 bits per heavy atom. The number of aromatic hydroxyl groups is 1. The van der Waals surface area contributed by atoms with E-state index < -0.39 is 21.8 Å². The monoisotopic (exact) mass is 389 g/mol. The first kappa shape index (κ1) is 18.9. The summed E-state index contributed by atoms with van der Waals surface area (Å²) in [6.45, 7) is 1.01. The Bertz CT molecular complexity index is 951. The molecule has 3 rings (SSSR count). The lowest BCUT2D eigenvalue weighted by Gasteiger charge is -2.15. The Labute approximate surface area is 156 Å². The molecule has 1 fully saturated rings. The molecule has 0 unspecified atom stereocenters. The number of hydrogen-bond acceptors (Lipinski definition) is 5. The van der Waals surface area contributed by atoms with Crippen molar-refractivity contribution in [1.82, 2.24) is 15.2 Å². The number of sulfonamides is 1. The van der Waals surface area contributed by atoms with Crippen LogP contribution in [-0.4, -0.2) is 42.7 Å². The van der Waals surface area contributed by atoms with Gasteiger partial charge in [0.25, 0.3) is 11.8 Å². The van der Waals surface area contributed by atoms with E-state index in [4.69, 9.17) is 0 Å². The second-order valence-corrected chi connectivity index (χ2v) is 8.00. The summed E-state index contributed by atoms with van der Waals surface area (Å²) >= 11 is 0. The van der Waals surface area contributed by atoms with Gasteiger partial charge in [-0.3, -0.25) is 20.4 Å². The Morgan fingerprint density at radius 1 is 0.889 bits per heavy atom. The van der Waals surface area contributed by atoms with Gasteiger partial charge in [0.1, 0.15) is 5.75 Å². The van der Waals surface area contributed by atoms with Crippen LogP contribution in [0.15, 0.2) is 53.4 Å². The first-order valence-corrected chi connectivity index (χ1v) is 9.82. The number of phenolic OH excluding ortho intramolecular Hbond substituents is 1. The predicted octanol–water partition coefficient (Wildman–Crippen LogP) is 1.25. The van der Waals surface area contributed by atoms with Crippen LogP contribution in [0.2, 0.25) is 0 Å². The second-order valence-electron chi connectivity index (χ2n) is 6.06. The van der Waals surface area contributed by atoms with Crippen molar-refractivity contribution in [3.05, 3.63) is 59.7 Å². The molecule has 2 amide bonds. The number of nitrogens with zero attached hydrogens (tertiary/aromatic N) is 1. The normalized spacial score (nSPS) is 14.7. The van der Waals surface area contributed by atoms with E-state index in [1.165, 1.54) is 40.7 Å². The molecule has 0 aliphatic carbocycles. The highest BCUT2D eigenvalue weighted by Gasteiger charge is 2.27. The molecule has 142 valence electrons. The van der Waals surface area contributed by atoms with Gasteiger partial charge in [0.15, 0.2) is 0 Å². The van der Waals surface area contributed by atoms with Gasteiger partial charge in [0.05, 0.1) is 10.5 Å². The van der Waals surface area contributed by atoms with Gasteiger partial charge in [-0.05, 0) is 49.2 Å². The van der Waals surface area contributed by atoms with Crippen LogP contribution >= 0.6 is 0 Å². The molecule has 0 atom stereocenters. The van der Waals surface area contributed by atoms with Crippen molar-refractivity contribution < 1.29 is 23.1 Å². The maximum atomic E-state index is 12.5. The molecule has 2 aromatic carbocycles. The number of para-hydroxylation sites is 1. The quantitative estimate of drug-likeness (QED) is 0.681. The third-order valence-electron chi connectivity index (χ3n) is 4.26. The molecule has 1 aliphatic heterocycles. The van der Waals surface area contributed by atoms with E-state index in [1.807, 2.05) is 0 Å². The minimum absolute atomic E-state index is 0.0184. The number of benzene rings is 2. The summed E-state index contributed by atoms with van der Waals surface area (Å²) in [5, 5.41) is 9.63. The molecule has 1 saturated heterocycles. The van der Waals surface area contributed by atoms with Crippen LogP contribution in [0.25, 0.3) is 0 Å². The van der Waals surface area contributed by atoms with E-state index in [0.717, 1.165) is 12.8 Å². The summed E-state index contributed by atoms with van der Waals surface area (Å²) in [7, 11) is -3.54. The summed E-state index contributed by atoms with van der Waals surface area (Å²) in [6.07, 6.45) is 1.69. The first-order valence-electron chi connectivity index (χ1n) is 8.38. The Balaban J connectivity index is 1.64. The van der Waals surface area contributed by atoms with Gasteiger partial charge in [-0.2, -0.15) is 4.31 Å². The van der Waals surface area contributed by atoms with Crippen molar-refractivity contribution >= 4 is 21.8 Å². The number of hydrazine groups is 1. The molecular weight excluding hydrogens is 370 g/mol. The molecule has 0 aromatic heterocycles. The average Bonchev–Trinajstić information content (AvgIpc) is 3.22. The number of amides is 2. The summed E-state index contributed by atoms with van der Waals surface area (Å²) in [5.41, 5.74) is 4.64. The summed E-state index contributed by atoms with van der Waals surface area (Å²) in [4.78, 5) is 24.2. The van der Waals surface area contributed by atoms with Gasteiger partial charge in [0, 0.05) is 18.7 Å². The molecular formula is C18H19N3O5S. The first-order chi connectivity index (χ1) is 12.9. The SMILES string of the molecule is O=C(NNC(=O)c1ccccc1O)c1ccc(S(=O)(=O)N2CCCC2)cc1. The Kier molecular flexibility index (Phi) is 5.43. The van der Waals surface area contributed by atoms with Crippen LogP contribution in [0.5, 0.6) is 5.75 Å². The molecule has 8 nitrogen and oxygen atoms in total. The summed E-state index contributed by atoms with van der Waals surface area (Å²) < 4.78 is 26.4. The fourth-order valence-electron chi connectivity index (χ4n) is 2.77. The number of carbonyl (C=O) groups excluding carboxylic acids is 2. The highest BCUT2D eigenvalue weighted by molar-refractivity contribution is 7.89. The van der Waals surface area contributed by atoms with Crippen LogP contribution in [0.1, 0.15) is 33.6 Å². The highest BCUT2D eigenvalue weighted by Crippen LogP contribution is 2.21. The topological polar surface area (TPSA) is 116 Å². The zero-order valence-corrected chi connectivity index (χ0v) is 15.2. The zero-order valence-electron chi connectivity index (χ0n) is 14.4. The third kappa shape index (κ3) is 4.09. The summed E-state index contributed by atoms with van der Waals surface area (Å²) in [5.74, 6) is -1.49. The maximum Gasteiger partial charge on any atom is 0.273 e. The minimum Gasteiger partial charge on any atom is -0.507 e. The molecule has 1 heterocycles. The minimum atomic E-state index is -3.54. The number of hydrogen-bond donors (Lipinski definition) is 3. The fraction of sp³-hybridized carbons (Fsp3) is 0.222. The van der Waals surface area contributed by atoms with E-state index in [-0.39, 0.29) is 21.8 Å². The van der Waals surface area contributed by atoms with Crippen LogP contribution in [0.4, 0.5) is 0 Å². The number of rotatable bonds is 4. The number of nitrogens with one attached hydrogen (secondary N) is 2. The predicted molar refractivity (Wildman–Crippen MR) is 97.5 cm³/mol. The van der Waals surface area contributed by atoms with Crippen LogP contribution in [0, 0.1) is 0 Å². The van der Waals surface area contributed by atoms with Gasteiger partial charge in [0.2, 0.25) is 10.0 Å². The number of carbonyl (C=O) groups is 2. The molecule has 9 heteroatoms. The van der Waals surface area contributed by atoms with Crippen molar-refractivity contribution in [3.63, 3.8) is 0 Å². The molecule has 0 spiro atoms. The Morgan fingerprint density at radius 3 is 2.11 bits per heavy atom. The summed E-state index contributed by atoms with van der Waals surface area (Å²) in [6, 6.07) is 11.4. The largest absolute Gasteiger partial charge is 0.507 e. The molecule has 0 radical (unpaired) electrons. The van der Waals surface area contributed by atoms with Gasteiger partial charge < -0.3 is 5.11 Å². The van der Waals surface area contributed by atoms with Crippen molar-refractivity contribution in [2.45, 2.75) is 17.7 Å². The van der Waals surface area contributed by atoms with Crippen LogP contribution in [0.3, 0.4) is 0 Å². The standard InChI is InChI=1S/C18H19N3O5S/c22-16-6-2-1-5-15(16)18(24)20-19-17(23)13-7-9-14(10-8-13)27(25,26)21-11-3-4-12-21/h1-2,5-10,22H,3-4,11-12H2,(H,19,23)(H,20,24). The third-order valence-corrected chi connectivity index (χ3v) is 6.17. The molecule has 2 aromatic rings. The molecule has 0 saturated carbocycles. The number of phenols is 1. The lowest BCUT2D eigenvalue weighted by atomic mass is 10.2. The van der Waals surface area contributed by atoms with E-state index in [9.17, 15) is 23.1 Å². The van der Waals surface area contributed by atoms with Crippen LogP contribution in [-0.2, 0) is 10.0 Å². The Hall–Kier alpha value is -2.91. The second kappa shape index (κ2) is 7.77. The van der Waals surface area contributed by atoms with Crippen LogP contribution < -0.4 is 10.9 Å². The van der Waals surface area contributed by atoms with Crippen molar-refractivity contribution in [1.29, 1.82) is 0 Å². The van der Waals surface area contributed by atoms with E-state index in [1.54, 1.807) is 12.1 Å².